The Balaban J connectivity index is 1.86. The molecule has 128 valence electrons. The number of carbonyl (C=O) groups is 3. The summed E-state index contributed by atoms with van der Waals surface area (Å²) in [6.07, 6.45) is 0.556. The fourth-order valence-corrected chi connectivity index (χ4v) is 3.77. The summed E-state index contributed by atoms with van der Waals surface area (Å²) in [6, 6.07) is 7.29. The second kappa shape index (κ2) is 5.92. The molecule has 0 saturated carbocycles. The summed E-state index contributed by atoms with van der Waals surface area (Å²) >= 11 is 0. The van der Waals surface area contributed by atoms with Gasteiger partial charge in [0.1, 0.15) is 0 Å². The van der Waals surface area contributed by atoms with E-state index in [4.69, 9.17) is 0 Å². The highest BCUT2D eigenvalue weighted by atomic mass is 16.4. The zero-order valence-electron chi connectivity index (χ0n) is 13.9. The average molecular weight is 330 g/mol. The molecule has 0 bridgehead atoms. The summed E-state index contributed by atoms with van der Waals surface area (Å²) in [6.45, 7) is 4.39. The van der Waals surface area contributed by atoms with Crippen LogP contribution in [0.15, 0.2) is 24.3 Å². The Morgan fingerprint density at radius 1 is 1.33 bits per heavy atom. The smallest absolute Gasteiger partial charge is 0.311 e. The lowest BCUT2D eigenvalue weighted by molar-refractivity contribution is -0.151. The fraction of sp³-hybridized carbons (Fsp3) is 0.500. The molecule has 1 saturated heterocycles. The van der Waals surface area contributed by atoms with Crippen LogP contribution in [0.5, 0.6) is 0 Å². The Hall–Kier alpha value is -2.37. The Morgan fingerprint density at radius 2 is 2.04 bits per heavy atom. The Bertz CT molecular complexity index is 700. The highest BCUT2D eigenvalue weighted by Gasteiger charge is 2.49. The highest BCUT2D eigenvalue weighted by Crippen LogP contribution is 2.41. The minimum Gasteiger partial charge on any atom is -0.481 e. The SMILES string of the molecule is CC(C)C1(C(=O)O)CCN(C(=O)C2CC(=O)Nc3ccccc32)C1. The molecule has 2 heterocycles. The van der Waals surface area contributed by atoms with Gasteiger partial charge >= 0.3 is 5.97 Å². The number of nitrogens with zero attached hydrogens (tertiary/aromatic N) is 1. The summed E-state index contributed by atoms with van der Waals surface area (Å²) in [5.41, 5.74) is 0.575. The van der Waals surface area contributed by atoms with Crippen molar-refractivity contribution in [3.63, 3.8) is 0 Å². The number of carbonyl (C=O) groups excluding carboxylic acids is 2. The molecule has 3 rings (SSSR count). The first kappa shape index (κ1) is 16.5. The van der Waals surface area contributed by atoms with E-state index >= 15 is 0 Å². The van der Waals surface area contributed by atoms with E-state index in [2.05, 4.69) is 5.32 Å². The molecule has 24 heavy (non-hydrogen) atoms. The molecule has 0 aromatic heterocycles. The lowest BCUT2D eigenvalue weighted by Gasteiger charge is -2.31. The predicted octanol–water partition coefficient (Wildman–Crippen LogP) is 2.07. The van der Waals surface area contributed by atoms with Crippen molar-refractivity contribution in [3.05, 3.63) is 29.8 Å². The number of benzene rings is 1. The van der Waals surface area contributed by atoms with Gasteiger partial charge in [-0.05, 0) is 24.0 Å². The molecule has 0 spiro atoms. The van der Waals surface area contributed by atoms with Crippen LogP contribution >= 0.6 is 0 Å². The molecule has 6 heteroatoms. The number of fused-ring (bicyclic) bond motifs is 1. The van der Waals surface area contributed by atoms with Gasteiger partial charge in [0.05, 0.1) is 11.3 Å². The highest BCUT2D eigenvalue weighted by molar-refractivity contribution is 6.01. The second-order valence-corrected chi connectivity index (χ2v) is 7.02. The molecule has 1 aromatic carbocycles. The van der Waals surface area contributed by atoms with E-state index in [0.29, 0.717) is 18.7 Å². The number of rotatable bonds is 3. The zero-order valence-corrected chi connectivity index (χ0v) is 13.9. The Kier molecular flexibility index (Phi) is 4.07. The maximum Gasteiger partial charge on any atom is 0.311 e. The number of hydrogen-bond donors (Lipinski definition) is 2. The quantitative estimate of drug-likeness (QED) is 0.888. The van der Waals surface area contributed by atoms with Gasteiger partial charge in [-0.15, -0.1) is 0 Å². The van der Waals surface area contributed by atoms with E-state index < -0.39 is 17.3 Å². The van der Waals surface area contributed by atoms with Gasteiger partial charge in [-0.3, -0.25) is 14.4 Å². The van der Waals surface area contributed by atoms with Crippen molar-refractivity contribution in [1.29, 1.82) is 0 Å². The summed E-state index contributed by atoms with van der Waals surface area (Å²) in [5.74, 6) is -1.78. The molecule has 2 N–H and O–H groups in total. The van der Waals surface area contributed by atoms with E-state index in [-0.39, 0.29) is 30.7 Å². The minimum atomic E-state index is -0.897. The maximum atomic E-state index is 13.0. The largest absolute Gasteiger partial charge is 0.481 e. The summed E-state index contributed by atoms with van der Waals surface area (Å²) in [5, 5.41) is 12.4. The third-order valence-electron chi connectivity index (χ3n) is 5.44. The monoisotopic (exact) mass is 330 g/mol. The number of carboxylic acid groups (broad SMARTS) is 1. The Labute approximate surface area is 140 Å². The first-order valence-corrected chi connectivity index (χ1v) is 8.26. The molecule has 2 atom stereocenters. The maximum absolute atomic E-state index is 13.0. The summed E-state index contributed by atoms with van der Waals surface area (Å²) < 4.78 is 0. The molecular weight excluding hydrogens is 308 g/mol. The number of likely N-dealkylation sites (tertiary alicyclic amines) is 1. The number of para-hydroxylation sites is 1. The molecule has 1 aromatic rings. The van der Waals surface area contributed by atoms with E-state index in [1.54, 1.807) is 11.0 Å². The van der Waals surface area contributed by atoms with Crippen LogP contribution in [0.3, 0.4) is 0 Å². The van der Waals surface area contributed by atoms with E-state index in [0.717, 1.165) is 5.56 Å². The molecule has 6 nitrogen and oxygen atoms in total. The van der Waals surface area contributed by atoms with Gasteiger partial charge in [0.2, 0.25) is 11.8 Å². The van der Waals surface area contributed by atoms with Crippen LogP contribution < -0.4 is 5.32 Å². The normalized spacial score (nSPS) is 26.2. The average Bonchev–Trinajstić information content (AvgIpc) is 3.00. The molecular formula is C18H22N2O4. The van der Waals surface area contributed by atoms with Crippen molar-refractivity contribution in [2.24, 2.45) is 11.3 Å². The van der Waals surface area contributed by atoms with Crippen LogP contribution in [0.2, 0.25) is 0 Å². The minimum absolute atomic E-state index is 0.0604. The van der Waals surface area contributed by atoms with Crippen LogP contribution in [0.25, 0.3) is 0 Å². The number of hydrogen-bond acceptors (Lipinski definition) is 3. The molecule has 1 fully saturated rings. The van der Waals surface area contributed by atoms with Crippen LogP contribution in [-0.2, 0) is 14.4 Å². The van der Waals surface area contributed by atoms with Gasteiger partial charge in [0, 0.05) is 25.2 Å². The third-order valence-corrected chi connectivity index (χ3v) is 5.44. The van der Waals surface area contributed by atoms with Crippen molar-refractivity contribution in [2.45, 2.75) is 32.6 Å². The fourth-order valence-electron chi connectivity index (χ4n) is 3.77. The molecule has 2 aliphatic rings. The zero-order chi connectivity index (χ0) is 17.5. The molecule has 2 amide bonds. The topological polar surface area (TPSA) is 86.7 Å². The first-order chi connectivity index (χ1) is 11.3. The van der Waals surface area contributed by atoms with Crippen LogP contribution in [0.1, 0.15) is 38.2 Å². The van der Waals surface area contributed by atoms with Crippen molar-refractivity contribution >= 4 is 23.5 Å². The molecule has 2 aliphatic heterocycles. The number of aliphatic carboxylic acids is 1. The van der Waals surface area contributed by atoms with Gasteiger partial charge in [-0.2, -0.15) is 0 Å². The predicted molar refractivity (Wildman–Crippen MR) is 88.5 cm³/mol. The van der Waals surface area contributed by atoms with Gasteiger partial charge in [-0.25, -0.2) is 0 Å². The van der Waals surface area contributed by atoms with Crippen molar-refractivity contribution in [1.82, 2.24) is 4.90 Å². The van der Waals surface area contributed by atoms with Gasteiger partial charge < -0.3 is 15.3 Å². The van der Waals surface area contributed by atoms with Crippen molar-refractivity contribution in [2.75, 3.05) is 18.4 Å². The van der Waals surface area contributed by atoms with Crippen LogP contribution in [0.4, 0.5) is 5.69 Å². The molecule has 2 unspecified atom stereocenters. The summed E-state index contributed by atoms with van der Waals surface area (Å²) in [4.78, 5) is 38.3. The number of nitrogens with one attached hydrogen (secondary N) is 1. The van der Waals surface area contributed by atoms with Crippen LogP contribution in [-0.4, -0.2) is 40.9 Å². The lowest BCUT2D eigenvalue weighted by Crippen LogP contribution is -2.42. The van der Waals surface area contributed by atoms with E-state index in [1.807, 2.05) is 32.0 Å². The van der Waals surface area contributed by atoms with E-state index in [1.165, 1.54) is 0 Å². The number of anilines is 1. The van der Waals surface area contributed by atoms with Crippen molar-refractivity contribution in [3.8, 4) is 0 Å². The molecule has 0 radical (unpaired) electrons. The van der Waals surface area contributed by atoms with Crippen molar-refractivity contribution < 1.29 is 19.5 Å². The number of carboxylic acids is 1. The van der Waals surface area contributed by atoms with Crippen LogP contribution in [0, 0.1) is 11.3 Å². The standard InChI is InChI=1S/C18H22N2O4/c1-11(2)18(17(23)24)7-8-20(10-18)16(22)13-9-15(21)19-14-6-4-3-5-12(13)14/h3-6,11,13H,7-10H2,1-2H3,(H,19,21)(H,23,24). The Morgan fingerprint density at radius 3 is 2.67 bits per heavy atom. The first-order valence-electron chi connectivity index (χ1n) is 8.26. The third kappa shape index (κ3) is 2.56. The van der Waals surface area contributed by atoms with Gasteiger partial charge in [0.25, 0.3) is 0 Å². The number of amides is 2. The van der Waals surface area contributed by atoms with Gasteiger partial charge in [0.15, 0.2) is 0 Å². The van der Waals surface area contributed by atoms with E-state index in [9.17, 15) is 19.5 Å². The lowest BCUT2D eigenvalue weighted by atomic mass is 9.76. The molecule has 0 aliphatic carbocycles. The van der Waals surface area contributed by atoms with Gasteiger partial charge in [-0.1, -0.05) is 32.0 Å². The summed E-state index contributed by atoms with van der Waals surface area (Å²) in [7, 11) is 0. The second-order valence-electron chi connectivity index (χ2n) is 7.02.